The van der Waals surface area contributed by atoms with Gasteiger partial charge in [0, 0.05) is 37.1 Å². The molecule has 0 bridgehead atoms. The zero-order chi connectivity index (χ0) is 23.6. The highest BCUT2D eigenvalue weighted by molar-refractivity contribution is 7.89. The summed E-state index contributed by atoms with van der Waals surface area (Å²) in [5.41, 5.74) is 2.54. The van der Waals surface area contributed by atoms with Gasteiger partial charge in [0.15, 0.2) is 5.76 Å². The Morgan fingerprint density at radius 1 is 1.09 bits per heavy atom. The number of hydrogen-bond acceptors (Lipinski definition) is 6. The Kier molecular flexibility index (Phi) is 6.73. The molecule has 4 rings (SSSR count). The second kappa shape index (κ2) is 9.54. The fourth-order valence-corrected chi connectivity index (χ4v) is 5.62. The summed E-state index contributed by atoms with van der Waals surface area (Å²) in [5.74, 6) is -0.211. The number of para-hydroxylation sites is 1. The van der Waals surface area contributed by atoms with Gasteiger partial charge in [0.25, 0.3) is 5.91 Å². The minimum atomic E-state index is -3.68. The van der Waals surface area contributed by atoms with E-state index in [4.69, 9.17) is 9.15 Å². The van der Waals surface area contributed by atoms with E-state index in [9.17, 15) is 13.2 Å². The third kappa shape index (κ3) is 4.48. The summed E-state index contributed by atoms with van der Waals surface area (Å²) in [7, 11) is -3.68. The van der Waals surface area contributed by atoms with E-state index in [2.05, 4.69) is 10.2 Å². The summed E-state index contributed by atoms with van der Waals surface area (Å²) in [6.45, 7) is 8.60. The van der Waals surface area contributed by atoms with Gasteiger partial charge in [-0.2, -0.15) is 4.31 Å². The lowest BCUT2D eigenvalue weighted by molar-refractivity contribution is 0.0998. The molecule has 0 saturated carbocycles. The molecule has 1 fully saturated rings. The molecule has 33 heavy (non-hydrogen) atoms. The zero-order valence-electron chi connectivity index (χ0n) is 19.1. The van der Waals surface area contributed by atoms with Crippen LogP contribution in [0, 0.1) is 6.92 Å². The van der Waals surface area contributed by atoms with Crippen molar-refractivity contribution in [2.24, 2.45) is 0 Å². The second-order valence-corrected chi connectivity index (χ2v) is 9.81. The van der Waals surface area contributed by atoms with Crippen molar-refractivity contribution >= 4 is 38.3 Å². The number of carbonyl (C=O) groups excluding carboxylic acids is 1. The number of nitrogens with one attached hydrogen (secondary N) is 1. The SMILES string of the molecule is CCN(CC)S(=O)(=O)c1ccc(N2CCOCC2)c(NC(=O)c2oc3ccccc3c2C)c1. The first-order chi connectivity index (χ1) is 15.9. The molecule has 176 valence electrons. The molecule has 0 spiro atoms. The van der Waals surface area contributed by atoms with E-state index in [1.807, 2.05) is 31.2 Å². The van der Waals surface area contributed by atoms with E-state index in [1.54, 1.807) is 26.0 Å². The van der Waals surface area contributed by atoms with Gasteiger partial charge in [0.1, 0.15) is 5.58 Å². The number of carbonyl (C=O) groups is 1. The van der Waals surface area contributed by atoms with Crippen molar-refractivity contribution < 1.29 is 22.4 Å². The molecule has 0 atom stereocenters. The smallest absolute Gasteiger partial charge is 0.291 e. The molecule has 1 aliphatic rings. The number of hydrogen-bond donors (Lipinski definition) is 1. The predicted molar refractivity (Wildman–Crippen MR) is 128 cm³/mol. The second-order valence-electron chi connectivity index (χ2n) is 7.87. The van der Waals surface area contributed by atoms with Crippen molar-refractivity contribution in [3.05, 3.63) is 53.8 Å². The van der Waals surface area contributed by atoms with Gasteiger partial charge in [-0.15, -0.1) is 0 Å². The fourth-order valence-electron chi connectivity index (χ4n) is 4.14. The van der Waals surface area contributed by atoms with Crippen molar-refractivity contribution in [1.29, 1.82) is 0 Å². The van der Waals surface area contributed by atoms with Gasteiger partial charge in [0.05, 0.1) is 29.5 Å². The van der Waals surface area contributed by atoms with E-state index in [-0.39, 0.29) is 10.7 Å². The summed E-state index contributed by atoms with van der Waals surface area (Å²) in [5, 5.41) is 3.78. The topological polar surface area (TPSA) is 92.1 Å². The van der Waals surface area contributed by atoms with Crippen molar-refractivity contribution in [2.45, 2.75) is 25.7 Å². The quantitative estimate of drug-likeness (QED) is 0.563. The van der Waals surface area contributed by atoms with Crippen LogP contribution in [-0.2, 0) is 14.8 Å². The molecule has 0 aliphatic carbocycles. The molecule has 1 saturated heterocycles. The predicted octanol–water partition coefficient (Wildman–Crippen LogP) is 3.86. The number of sulfonamides is 1. The highest BCUT2D eigenvalue weighted by Crippen LogP contribution is 2.32. The number of amides is 1. The Labute approximate surface area is 194 Å². The number of fused-ring (bicyclic) bond motifs is 1. The first-order valence-electron chi connectivity index (χ1n) is 11.1. The van der Waals surface area contributed by atoms with Crippen molar-refractivity contribution in [3.63, 3.8) is 0 Å². The van der Waals surface area contributed by atoms with E-state index in [1.165, 1.54) is 10.4 Å². The van der Waals surface area contributed by atoms with Gasteiger partial charge in [-0.05, 0) is 31.2 Å². The molecular formula is C24H29N3O5S. The maximum atomic E-state index is 13.2. The molecule has 1 amide bonds. The van der Waals surface area contributed by atoms with E-state index < -0.39 is 15.9 Å². The van der Waals surface area contributed by atoms with E-state index in [0.29, 0.717) is 50.7 Å². The van der Waals surface area contributed by atoms with Crippen LogP contribution in [0.5, 0.6) is 0 Å². The van der Waals surface area contributed by atoms with Crippen LogP contribution < -0.4 is 10.2 Å². The monoisotopic (exact) mass is 471 g/mol. The zero-order valence-corrected chi connectivity index (χ0v) is 19.9. The minimum absolute atomic E-state index is 0.139. The molecule has 0 radical (unpaired) electrons. The van der Waals surface area contributed by atoms with Gasteiger partial charge in [-0.1, -0.05) is 32.0 Å². The van der Waals surface area contributed by atoms with Crippen molar-refractivity contribution in [3.8, 4) is 0 Å². The molecule has 1 aromatic heterocycles. The third-order valence-corrected chi connectivity index (χ3v) is 8.01. The fraction of sp³-hybridized carbons (Fsp3) is 0.375. The lowest BCUT2D eigenvalue weighted by atomic mass is 10.1. The van der Waals surface area contributed by atoms with Crippen LogP contribution in [0.3, 0.4) is 0 Å². The Morgan fingerprint density at radius 3 is 2.45 bits per heavy atom. The number of anilines is 2. The molecule has 2 aromatic carbocycles. The number of aryl methyl sites for hydroxylation is 1. The summed E-state index contributed by atoms with van der Waals surface area (Å²) in [6.07, 6.45) is 0. The molecule has 8 nitrogen and oxygen atoms in total. The highest BCUT2D eigenvalue weighted by Gasteiger charge is 2.26. The molecule has 9 heteroatoms. The highest BCUT2D eigenvalue weighted by atomic mass is 32.2. The Balaban J connectivity index is 1.74. The Morgan fingerprint density at radius 2 is 1.79 bits per heavy atom. The van der Waals surface area contributed by atoms with Crippen LogP contribution in [0.1, 0.15) is 30.0 Å². The number of benzene rings is 2. The standard InChI is InChI=1S/C24H29N3O5S/c1-4-27(5-2)33(29,30)18-10-11-21(26-12-14-31-15-13-26)20(16-18)25-24(28)23-17(3)19-8-6-7-9-22(19)32-23/h6-11,16H,4-5,12-15H2,1-3H3,(H,25,28). The number of morpholine rings is 1. The number of furan rings is 1. The maximum Gasteiger partial charge on any atom is 0.291 e. The van der Waals surface area contributed by atoms with E-state index in [0.717, 1.165) is 16.6 Å². The van der Waals surface area contributed by atoms with Gasteiger partial charge < -0.3 is 19.4 Å². The first-order valence-corrected chi connectivity index (χ1v) is 12.6. The van der Waals surface area contributed by atoms with Crippen LogP contribution in [0.2, 0.25) is 0 Å². The number of rotatable bonds is 7. The summed E-state index contributed by atoms with van der Waals surface area (Å²) in [6, 6.07) is 12.4. The molecule has 1 aliphatic heterocycles. The van der Waals surface area contributed by atoms with Crippen LogP contribution in [-0.4, -0.2) is 58.0 Å². The van der Waals surface area contributed by atoms with Crippen LogP contribution >= 0.6 is 0 Å². The summed E-state index contributed by atoms with van der Waals surface area (Å²) >= 11 is 0. The summed E-state index contributed by atoms with van der Waals surface area (Å²) < 4.78 is 38.9. The summed E-state index contributed by atoms with van der Waals surface area (Å²) in [4.78, 5) is 15.5. The minimum Gasteiger partial charge on any atom is -0.451 e. The average molecular weight is 472 g/mol. The van der Waals surface area contributed by atoms with E-state index >= 15 is 0 Å². The molecule has 2 heterocycles. The van der Waals surface area contributed by atoms with Crippen molar-refractivity contribution in [1.82, 2.24) is 4.31 Å². The van der Waals surface area contributed by atoms with Crippen LogP contribution in [0.4, 0.5) is 11.4 Å². The third-order valence-electron chi connectivity index (χ3n) is 5.96. The van der Waals surface area contributed by atoms with Crippen molar-refractivity contribution in [2.75, 3.05) is 49.6 Å². The normalized spacial score (nSPS) is 14.7. The number of nitrogens with zero attached hydrogens (tertiary/aromatic N) is 2. The first kappa shape index (κ1) is 23.3. The Bertz CT molecular complexity index is 1260. The number of ether oxygens (including phenoxy) is 1. The molecule has 3 aromatic rings. The molecule has 1 N–H and O–H groups in total. The Hall–Kier alpha value is -2.88. The van der Waals surface area contributed by atoms with Gasteiger partial charge >= 0.3 is 0 Å². The molecule has 0 unspecified atom stereocenters. The molecular weight excluding hydrogens is 442 g/mol. The van der Waals surface area contributed by atoms with Crippen LogP contribution in [0.15, 0.2) is 51.8 Å². The average Bonchev–Trinajstić information content (AvgIpc) is 3.17. The van der Waals surface area contributed by atoms with Gasteiger partial charge in [0.2, 0.25) is 10.0 Å². The largest absolute Gasteiger partial charge is 0.451 e. The van der Waals surface area contributed by atoms with Gasteiger partial charge in [-0.3, -0.25) is 4.79 Å². The lowest BCUT2D eigenvalue weighted by Crippen LogP contribution is -2.37. The lowest BCUT2D eigenvalue weighted by Gasteiger charge is -2.31. The maximum absolute atomic E-state index is 13.2. The van der Waals surface area contributed by atoms with Gasteiger partial charge in [-0.25, -0.2) is 8.42 Å². The van der Waals surface area contributed by atoms with Crippen LogP contribution in [0.25, 0.3) is 11.0 Å².